The van der Waals surface area contributed by atoms with E-state index < -0.39 is 0 Å². The highest BCUT2D eigenvalue weighted by atomic mass is 35.5. The Labute approximate surface area is 147 Å². The molecule has 1 atom stereocenters. The molecule has 0 aromatic heterocycles. The number of amides is 1. The molecule has 1 aromatic rings. The second kappa shape index (κ2) is 9.46. The molecule has 2 N–H and O–H groups in total. The first-order valence-corrected chi connectivity index (χ1v) is 7.95. The van der Waals surface area contributed by atoms with Crippen LogP contribution in [0.15, 0.2) is 18.2 Å². The van der Waals surface area contributed by atoms with E-state index in [9.17, 15) is 4.79 Å². The number of hydrogen-bond acceptors (Lipinski definition) is 3. The molecule has 1 aromatic carbocycles. The van der Waals surface area contributed by atoms with Crippen molar-refractivity contribution in [2.45, 2.75) is 31.8 Å². The van der Waals surface area contributed by atoms with Crippen LogP contribution in [0, 0.1) is 0 Å². The largest absolute Gasteiger partial charge is 0.489 e. The maximum atomic E-state index is 12.0. The number of hydrogen-bond donors (Lipinski definition) is 1. The van der Waals surface area contributed by atoms with Gasteiger partial charge in [0, 0.05) is 19.0 Å². The van der Waals surface area contributed by atoms with Gasteiger partial charge in [-0.1, -0.05) is 23.2 Å². The predicted molar refractivity (Wildman–Crippen MR) is 92.2 cm³/mol. The fourth-order valence-corrected chi connectivity index (χ4v) is 2.70. The molecule has 0 saturated carbocycles. The van der Waals surface area contributed by atoms with Crippen LogP contribution in [0.25, 0.3) is 0 Å². The Bertz CT molecular complexity index is 500. The van der Waals surface area contributed by atoms with Gasteiger partial charge < -0.3 is 15.4 Å². The van der Waals surface area contributed by atoms with Gasteiger partial charge in [-0.3, -0.25) is 4.79 Å². The maximum Gasteiger partial charge on any atom is 0.222 e. The topological polar surface area (TPSA) is 55.6 Å². The van der Waals surface area contributed by atoms with Crippen LogP contribution in [0.1, 0.15) is 25.7 Å². The Balaban J connectivity index is 0.00000242. The van der Waals surface area contributed by atoms with Gasteiger partial charge >= 0.3 is 0 Å². The Kier molecular flexibility index (Phi) is 8.33. The highest BCUT2D eigenvalue weighted by molar-refractivity contribution is 6.42. The van der Waals surface area contributed by atoms with E-state index in [2.05, 4.69) is 0 Å². The second-order valence-corrected chi connectivity index (χ2v) is 6.00. The zero-order valence-corrected chi connectivity index (χ0v) is 14.6. The number of ether oxygens (including phenoxy) is 1. The van der Waals surface area contributed by atoms with Crippen molar-refractivity contribution in [3.8, 4) is 5.75 Å². The number of carbonyl (C=O) groups excluding carboxylic acids is 1. The third kappa shape index (κ3) is 5.51. The average Bonchev–Trinajstić information content (AvgIpc) is 2.49. The minimum absolute atomic E-state index is 0. The number of likely N-dealkylation sites (tertiary alicyclic amines) is 1. The van der Waals surface area contributed by atoms with Crippen LogP contribution in [0.4, 0.5) is 0 Å². The number of rotatable bonds is 5. The summed E-state index contributed by atoms with van der Waals surface area (Å²) in [5.41, 5.74) is 5.44. The Hall–Kier alpha value is -0.680. The standard InChI is InChI=1S/C15H20Cl2N2O2.ClH/c16-13-6-5-11(9-14(13)17)21-12-3-2-8-19(10-12)15(20)4-1-7-18;/h5-6,9,12H,1-4,7-8,10,18H2;1H. The monoisotopic (exact) mass is 366 g/mol. The number of nitrogens with two attached hydrogens (primary N) is 1. The van der Waals surface area contributed by atoms with Gasteiger partial charge in [0.1, 0.15) is 11.9 Å². The van der Waals surface area contributed by atoms with Crippen LogP contribution in [-0.4, -0.2) is 36.5 Å². The summed E-state index contributed by atoms with van der Waals surface area (Å²) in [4.78, 5) is 13.9. The zero-order valence-electron chi connectivity index (χ0n) is 12.3. The molecule has 7 heteroatoms. The fourth-order valence-electron chi connectivity index (χ4n) is 2.41. The van der Waals surface area contributed by atoms with E-state index in [1.165, 1.54) is 0 Å². The SMILES string of the molecule is Cl.NCCCC(=O)N1CCCC(Oc2ccc(Cl)c(Cl)c2)C1. The molecule has 0 spiro atoms. The van der Waals surface area contributed by atoms with E-state index in [0.717, 1.165) is 25.8 Å². The van der Waals surface area contributed by atoms with E-state index in [1.807, 2.05) is 4.90 Å². The van der Waals surface area contributed by atoms with Gasteiger partial charge in [0.25, 0.3) is 0 Å². The Morgan fingerprint density at radius 3 is 2.82 bits per heavy atom. The number of piperidine rings is 1. The summed E-state index contributed by atoms with van der Waals surface area (Å²) in [7, 11) is 0. The third-order valence-electron chi connectivity index (χ3n) is 3.52. The lowest BCUT2D eigenvalue weighted by atomic mass is 10.1. The minimum Gasteiger partial charge on any atom is -0.489 e. The van der Waals surface area contributed by atoms with Crippen LogP contribution in [0.5, 0.6) is 5.75 Å². The normalized spacial score (nSPS) is 17.8. The molecule has 1 aliphatic rings. The lowest BCUT2D eigenvalue weighted by molar-refractivity contribution is -0.133. The first kappa shape index (κ1) is 19.4. The van der Waals surface area contributed by atoms with Crippen LogP contribution in [-0.2, 0) is 4.79 Å². The summed E-state index contributed by atoms with van der Waals surface area (Å²) in [6.07, 6.45) is 3.11. The Morgan fingerprint density at radius 2 is 2.14 bits per heavy atom. The molecule has 1 heterocycles. The summed E-state index contributed by atoms with van der Waals surface area (Å²) in [5.74, 6) is 0.841. The lowest BCUT2D eigenvalue weighted by Crippen LogP contribution is -2.44. The third-order valence-corrected chi connectivity index (χ3v) is 4.26. The predicted octanol–water partition coefficient (Wildman–Crippen LogP) is 3.52. The molecule has 1 unspecified atom stereocenters. The fraction of sp³-hybridized carbons (Fsp3) is 0.533. The zero-order chi connectivity index (χ0) is 15.2. The molecule has 22 heavy (non-hydrogen) atoms. The van der Waals surface area contributed by atoms with Gasteiger partial charge in [0.2, 0.25) is 5.91 Å². The molecule has 124 valence electrons. The number of halogens is 3. The quantitative estimate of drug-likeness (QED) is 0.866. The van der Waals surface area contributed by atoms with Crippen molar-refractivity contribution in [3.63, 3.8) is 0 Å². The van der Waals surface area contributed by atoms with Gasteiger partial charge in [-0.05, 0) is 37.9 Å². The minimum atomic E-state index is -0.00202. The molecule has 1 aliphatic heterocycles. The summed E-state index contributed by atoms with van der Waals surface area (Å²) in [6.45, 7) is 1.96. The van der Waals surface area contributed by atoms with Crippen molar-refractivity contribution >= 4 is 41.5 Å². The average molecular weight is 368 g/mol. The molecule has 0 aliphatic carbocycles. The molecule has 2 rings (SSSR count). The van der Waals surface area contributed by atoms with Crippen molar-refractivity contribution in [1.29, 1.82) is 0 Å². The number of carbonyl (C=O) groups is 1. The molecular formula is C15H21Cl3N2O2. The molecule has 1 amide bonds. The van der Waals surface area contributed by atoms with Gasteiger partial charge in [-0.25, -0.2) is 0 Å². The molecule has 1 fully saturated rings. The summed E-state index contributed by atoms with van der Waals surface area (Å²) >= 11 is 11.9. The summed E-state index contributed by atoms with van der Waals surface area (Å²) in [6, 6.07) is 5.22. The highest BCUT2D eigenvalue weighted by Gasteiger charge is 2.24. The van der Waals surface area contributed by atoms with Crippen LogP contribution in [0.2, 0.25) is 10.0 Å². The van der Waals surface area contributed by atoms with E-state index in [4.69, 9.17) is 33.7 Å². The highest BCUT2D eigenvalue weighted by Crippen LogP contribution is 2.28. The first-order chi connectivity index (χ1) is 10.1. The first-order valence-electron chi connectivity index (χ1n) is 7.19. The summed E-state index contributed by atoms with van der Waals surface area (Å²) in [5, 5.41) is 0.979. The molecular weight excluding hydrogens is 347 g/mol. The van der Waals surface area contributed by atoms with Crippen LogP contribution >= 0.6 is 35.6 Å². The second-order valence-electron chi connectivity index (χ2n) is 5.19. The number of nitrogens with zero attached hydrogens (tertiary/aromatic N) is 1. The molecule has 0 bridgehead atoms. The van der Waals surface area contributed by atoms with Crippen LogP contribution in [0.3, 0.4) is 0 Å². The van der Waals surface area contributed by atoms with Crippen molar-refractivity contribution in [3.05, 3.63) is 28.2 Å². The van der Waals surface area contributed by atoms with Gasteiger partial charge in [0.15, 0.2) is 0 Å². The molecule has 0 radical (unpaired) electrons. The lowest BCUT2D eigenvalue weighted by Gasteiger charge is -2.33. The number of benzene rings is 1. The van der Waals surface area contributed by atoms with E-state index in [1.54, 1.807) is 18.2 Å². The Morgan fingerprint density at radius 1 is 1.36 bits per heavy atom. The summed E-state index contributed by atoms with van der Waals surface area (Å²) < 4.78 is 5.91. The molecule has 4 nitrogen and oxygen atoms in total. The van der Waals surface area contributed by atoms with E-state index >= 15 is 0 Å². The molecule has 1 saturated heterocycles. The van der Waals surface area contributed by atoms with E-state index in [-0.39, 0.29) is 24.4 Å². The van der Waals surface area contributed by atoms with Crippen molar-refractivity contribution in [2.75, 3.05) is 19.6 Å². The van der Waals surface area contributed by atoms with Gasteiger partial charge in [0.05, 0.1) is 16.6 Å². The maximum absolute atomic E-state index is 12.0. The van der Waals surface area contributed by atoms with Gasteiger partial charge in [-0.2, -0.15) is 0 Å². The van der Waals surface area contributed by atoms with Crippen molar-refractivity contribution in [2.24, 2.45) is 5.73 Å². The van der Waals surface area contributed by atoms with Crippen molar-refractivity contribution < 1.29 is 9.53 Å². The van der Waals surface area contributed by atoms with Crippen molar-refractivity contribution in [1.82, 2.24) is 4.90 Å². The van der Waals surface area contributed by atoms with Gasteiger partial charge in [-0.15, -0.1) is 12.4 Å². The van der Waals surface area contributed by atoms with E-state index in [0.29, 0.717) is 35.3 Å². The van der Waals surface area contributed by atoms with Crippen LogP contribution < -0.4 is 10.5 Å². The smallest absolute Gasteiger partial charge is 0.222 e.